The molecule has 0 aromatic heterocycles. The molecule has 0 aliphatic heterocycles. The number of nitrogens with zero attached hydrogens (tertiary/aromatic N) is 1. The van der Waals surface area contributed by atoms with Crippen molar-refractivity contribution in [2.75, 3.05) is 30.8 Å². The number of sulfonamides is 1. The second kappa shape index (κ2) is 8.90. The van der Waals surface area contributed by atoms with Crippen molar-refractivity contribution in [2.45, 2.75) is 20.3 Å². The minimum atomic E-state index is -3.59. The molecular weight excluding hydrogens is 364 g/mol. The molecule has 146 valence electrons. The smallest absolute Gasteiger partial charge is 0.240 e. The predicted octanol–water partition coefficient (Wildman–Crippen LogP) is 2.44. The normalized spacial score (nSPS) is 11.1. The summed E-state index contributed by atoms with van der Waals surface area (Å²) in [7, 11) is -1.98. The molecule has 0 aliphatic carbocycles. The molecule has 0 atom stereocenters. The molecule has 0 aliphatic rings. The molecule has 0 radical (unpaired) electrons. The zero-order valence-corrected chi connectivity index (χ0v) is 17.0. The van der Waals surface area contributed by atoms with E-state index in [-0.39, 0.29) is 12.5 Å². The van der Waals surface area contributed by atoms with E-state index in [1.807, 2.05) is 50.2 Å². The highest BCUT2D eigenvalue weighted by Gasteiger charge is 2.22. The third-order valence-electron chi connectivity index (χ3n) is 4.23. The van der Waals surface area contributed by atoms with Crippen LogP contribution in [0.25, 0.3) is 0 Å². The van der Waals surface area contributed by atoms with Crippen LogP contribution in [0.1, 0.15) is 16.7 Å². The Labute approximate surface area is 161 Å². The summed E-state index contributed by atoms with van der Waals surface area (Å²) in [6, 6.07) is 13.1. The number of nitrogens with one attached hydrogen (secondary N) is 1. The van der Waals surface area contributed by atoms with Gasteiger partial charge in [-0.25, -0.2) is 8.42 Å². The molecule has 1 N–H and O–H groups in total. The van der Waals surface area contributed by atoms with Crippen LogP contribution in [0.5, 0.6) is 5.75 Å². The molecule has 0 saturated heterocycles. The van der Waals surface area contributed by atoms with E-state index in [1.54, 1.807) is 13.2 Å². The van der Waals surface area contributed by atoms with Crippen LogP contribution in [0.3, 0.4) is 0 Å². The first kappa shape index (κ1) is 20.8. The van der Waals surface area contributed by atoms with Crippen LogP contribution in [-0.4, -0.2) is 40.8 Å². The third-order valence-corrected chi connectivity index (χ3v) is 5.36. The molecule has 0 bridgehead atoms. The fourth-order valence-electron chi connectivity index (χ4n) is 2.80. The number of para-hydroxylation sites is 1. The van der Waals surface area contributed by atoms with Crippen molar-refractivity contribution in [3.8, 4) is 5.75 Å². The van der Waals surface area contributed by atoms with Gasteiger partial charge < -0.3 is 10.1 Å². The van der Waals surface area contributed by atoms with E-state index in [2.05, 4.69) is 5.32 Å². The molecule has 0 spiro atoms. The van der Waals surface area contributed by atoms with Gasteiger partial charge in [0.25, 0.3) is 0 Å². The topological polar surface area (TPSA) is 75.7 Å². The van der Waals surface area contributed by atoms with Crippen LogP contribution in [0, 0.1) is 13.8 Å². The second-order valence-corrected chi connectivity index (χ2v) is 8.38. The summed E-state index contributed by atoms with van der Waals surface area (Å²) in [6.45, 7) is 3.85. The predicted molar refractivity (Wildman–Crippen MR) is 108 cm³/mol. The summed E-state index contributed by atoms with van der Waals surface area (Å²) in [5.74, 6) is 0.413. The fourth-order valence-corrected chi connectivity index (χ4v) is 3.71. The fraction of sp³-hybridized carbons (Fsp3) is 0.350. The van der Waals surface area contributed by atoms with Crippen LogP contribution in [0.15, 0.2) is 42.5 Å². The Morgan fingerprint density at radius 1 is 1.15 bits per heavy atom. The highest BCUT2D eigenvalue weighted by atomic mass is 32.2. The van der Waals surface area contributed by atoms with Crippen LogP contribution in [-0.2, 0) is 21.2 Å². The molecule has 0 saturated carbocycles. The number of hydrogen-bond acceptors (Lipinski definition) is 4. The Bertz CT molecular complexity index is 910. The van der Waals surface area contributed by atoms with Gasteiger partial charge >= 0.3 is 0 Å². The van der Waals surface area contributed by atoms with E-state index in [0.717, 1.165) is 33.0 Å². The summed E-state index contributed by atoms with van der Waals surface area (Å²) in [6.07, 6.45) is 1.70. The SMILES string of the molecule is COc1ccccc1CCNC(=O)CN(c1cc(C)ccc1C)S(C)(=O)=O. The van der Waals surface area contributed by atoms with Crippen molar-refractivity contribution in [1.29, 1.82) is 0 Å². The van der Waals surface area contributed by atoms with Gasteiger partial charge in [-0.05, 0) is 49.1 Å². The maximum absolute atomic E-state index is 12.4. The second-order valence-electron chi connectivity index (χ2n) is 6.47. The van der Waals surface area contributed by atoms with E-state index < -0.39 is 10.0 Å². The number of amides is 1. The zero-order valence-electron chi connectivity index (χ0n) is 16.2. The zero-order chi connectivity index (χ0) is 20.0. The van der Waals surface area contributed by atoms with E-state index in [9.17, 15) is 13.2 Å². The largest absolute Gasteiger partial charge is 0.496 e. The van der Waals surface area contributed by atoms with Gasteiger partial charge in [0.2, 0.25) is 15.9 Å². The van der Waals surface area contributed by atoms with Gasteiger partial charge in [0.15, 0.2) is 0 Å². The molecule has 2 rings (SSSR count). The van der Waals surface area contributed by atoms with E-state index in [0.29, 0.717) is 18.7 Å². The van der Waals surface area contributed by atoms with Crippen molar-refractivity contribution in [3.63, 3.8) is 0 Å². The Balaban J connectivity index is 2.05. The lowest BCUT2D eigenvalue weighted by Crippen LogP contribution is -2.41. The van der Waals surface area contributed by atoms with Crippen molar-refractivity contribution in [2.24, 2.45) is 0 Å². The number of methoxy groups -OCH3 is 1. The van der Waals surface area contributed by atoms with Crippen molar-refractivity contribution < 1.29 is 17.9 Å². The van der Waals surface area contributed by atoms with E-state index >= 15 is 0 Å². The van der Waals surface area contributed by atoms with Gasteiger partial charge in [0.05, 0.1) is 19.1 Å². The molecule has 0 heterocycles. The molecule has 6 nitrogen and oxygen atoms in total. The summed E-state index contributed by atoms with van der Waals surface area (Å²) >= 11 is 0. The van der Waals surface area contributed by atoms with Crippen molar-refractivity contribution in [3.05, 3.63) is 59.2 Å². The van der Waals surface area contributed by atoms with Gasteiger partial charge in [-0.15, -0.1) is 0 Å². The van der Waals surface area contributed by atoms with Crippen LogP contribution in [0.2, 0.25) is 0 Å². The Hall–Kier alpha value is -2.54. The van der Waals surface area contributed by atoms with Crippen molar-refractivity contribution in [1.82, 2.24) is 5.32 Å². The molecular formula is C20H26N2O4S. The third kappa shape index (κ3) is 5.72. The number of anilines is 1. The molecule has 1 amide bonds. The highest BCUT2D eigenvalue weighted by Crippen LogP contribution is 2.23. The lowest BCUT2D eigenvalue weighted by molar-refractivity contribution is -0.119. The molecule has 7 heteroatoms. The van der Waals surface area contributed by atoms with Crippen LogP contribution < -0.4 is 14.4 Å². The first-order valence-electron chi connectivity index (χ1n) is 8.66. The molecule has 2 aromatic rings. The van der Waals surface area contributed by atoms with Crippen LogP contribution >= 0.6 is 0 Å². The summed E-state index contributed by atoms with van der Waals surface area (Å²) in [4.78, 5) is 12.4. The quantitative estimate of drug-likeness (QED) is 0.751. The number of rotatable bonds is 8. The molecule has 0 fully saturated rings. The minimum Gasteiger partial charge on any atom is -0.496 e. The van der Waals surface area contributed by atoms with E-state index in [4.69, 9.17) is 4.74 Å². The summed E-state index contributed by atoms with van der Waals surface area (Å²) in [5.41, 5.74) is 3.24. The monoisotopic (exact) mass is 390 g/mol. The number of benzene rings is 2. The number of hydrogen-bond donors (Lipinski definition) is 1. The average Bonchev–Trinajstić information content (AvgIpc) is 2.61. The molecule has 2 aromatic carbocycles. The maximum Gasteiger partial charge on any atom is 0.240 e. The molecule has 27 heavy (non-hydrogen) atoms. The van der Waals surface area contributed by atoms with Gasteiger partial charge in [-0.1, -0.05) is 30.3 Å². The summed E-state index contributed by atoms with van der Waals surface area (Å²) < 4.78 is 30.9. The lowest BCUT2D eigenvalue weighted by Gasteiger charge is -2.24. The van der Waals surface area contributed by atoms with Gasteiger partial charge in [-0.2, -0.15) is 0 Å². The average molecular weight is 391 g/mol. The highest BCUT2D eigenvalue weighted by molar-refractivity contribution is 7.92. The number of ether oxygens (including phenoxy) is 1. The van der Waals surface area contributed by atoms with Gasteiger partial charge in [0, 0.05) is 6.54 Å². The lowest BCUT2D eigenvalue weighted by atomic mass is 10.1. The Morgan fingerprint density at radius 3 is 2.52 bits per heavy atom. The van der Waals surface area contributed by atoms with Gasteiger partial charge in [-0.3, -0.25) is 9.10 Å². The van der Waals surface area contributed by atoms with E-state index in [1.165, 1.54) is 0 Å². The Kier molecular flexibility index (Phi) is 6.85. The standard InChI is InChI=1S/C20H26N2O4S/c1-15-9-10-16(2)18(13-15)22(27(4,24)25)14-20(23)21-12-11-17-7-5-6-8-19(17)26-3/h5-10,13H,11-12,14H2,1-4H3,(H,21,23). The number of carbonyl (C=O) groups excluding carboxylic acids is 1. The van der Waals surface area contributed by atoms with Crippen LogP contribution in [0.4, 0.5) is 5.69 Å². The van der Waals surface area contributed by atoms with Crippen molar-refractivity contribution >= 4 is 21.6 Å². The first-order chi connectivity index (χ1) is 12.7. The Morgan fingerprint density at radius 2 is 1.85 bits per heavy atom. The number of carbonyl (C=O) groups is 1. The maximum atomic E-state index is 12.4. The molecule has 0 unspecified atom stereocenters. The van der Waals surface area contributed by atoms with Gasteiger partial charge in [0.1, 0.15) is 12.3 Å². The summed E-state index contributed by atoms with van der Waals surface area (Å²) in [5, 5.41) is 2.79. The minimum absolute atomic E-state index is 0.255. The number of aryl methyl sites for hydroxylation is 2. The first-order valence-corrected chi connectivity index (χ1v) is 10.5.